The van der Waals surface area contributed by atoms with Crippen molar-refractivity contribution in [2.45, 2.75) is 264 Å². The van der Waals surface area contributed by atoms with E-state index in [9.17, 15) is 28.9 Å². The largest absolute Gasteiger partial charge is 0.472 e. The van der Waals surface area contributed by atoms with E-state index in [2.05, 4.69) is 81.5 Å². The monoisotopic (exact) mass is 1010 g/mol. The first-order chi connectivity index (χ1) is 34.2. The van der Waals surface area contributed by atoms with Crippen molar-refractivity contribution in [1.29, 1.82) is 0 Å². The number of aliphatic hydroxyl groups is 1. The lowest BCUT2D eigenvalue weighted by Gasteiger charge is -2.21. The summed E-state index contributed by atoms with van der Waals surface area (Å²) >= 11 is 0. The zero-order valence-corrected chi connectivity index (χ0v) is 45.6. The second kappa shape index (κ2) is 52.5. The predicted molar refractivity (Wildman–Crippen MR) is 288 cm³/mol. The summed E-state index contributed by atoms with van der Waals surface area (Å²) in [6, 6.07) is 0. The van der Waals surface area contributed by atoms with Crippen LogP contribution in [0.1, 0.15) is 252 Å². The van der Waals surface area contributed by atoms with E-state index in [1.807, 2.05) is 0 Å². The van der Waals surface area contributed by atoms with Crippen molar-refractivity contribution in [3.8, 4) is 0 Å². The number of esters is 3. The maximum Gasteiger partial charge on any atom is 0.472 e. The third-order valence-electron chi connectivity index (χ3n) is 11.9. The maximum atomic E-state index is 12.9. The zero-order valence-electron chi connectivity index (χ0n) is 44.7. The number of allylic oxidation sites excluding steroid dienone is 10. The standard InChI is InChI=1S/C58H103O11P/c1-4-7-10-13-16-19-22-24-25-26-27-28-29-31-34-37-40-43-46-49-58(62)69-55(51-65-56(60)47-44-41-38-35-32-21-18-15-12-9-6-3)53-67-70(63,64)66-52-54(50-59)68-57(61)48-45-42-39-36-33-30-23-20-17-14-11-8-5-2/h11,14-16,18-20,23-25,54-55,59H,4-10,12-13,17,21-22,26-53H2,1-3H3,(H,63,64)/b14-11-,18-15-,19-16-,23-20-,25-24-. The molecule has 0 rings (SSSR count). The van der Waals surface area contributed by atoms with Gasteiger partial charge in [-0.25, -0.2) is 4.57 Å². The molecule has 0 aliphatic carbocycles. The van der Waals surface area contributed by atoms with Gasteiger partial charge >= 0.3 is 25.7 Å². The minimum atomic E-state index is -4.75. The molecule has 0 aromatic rings. The molecule has 70 heavy (non-hydrogen) atoms. The topological polar surface area (TPSA) is 155 Å². The molecule has 3 unspecified atom stereocenters. The average Bonchev–Trinajstić information content (AvgIpc) is 3.35. The van der Waals surface area contributed by atoms with Gasteiger partial charge in [0.2, 0.25) is 0 Å². The summed E-state index contributed by atoms with van der Waals surface area (Å²) in [5, 5.41) is 9.79. The first-order valence-electron chi connectivity index (χ1n) is 28.2. The van der Waals surface area contributed by atoms with E-state index in [1.54, 1.807) is 0 Å². The van der Waals surface area contributed by atoms with Crippen molar-refractivity contribution in [3.05, 3.63) is 60.8 Å². The Bertz CT molecular complexity index is 1410. The molecule has 2 N–H and O–H groups in total. The fourth-order valence-electron chi connectivity index (χ4n) is 7.52. The second-order valence-electron chi connectivity index (χ2n) is 18.7. The van der Waals surface area contributed by atoms with Crippen LogP contribution in [0.15, 0.2) is 60.8 Å². The Hall–Kier alpha value is -2.82. The van der Waals surface area contributed by atoms with Crippen LogP contribution in [0.3, 0.4) is 0 Å². The van der Waals surface area contributed by atoms with E-state index in [1.165, 1.54) is 77.0 Å². The van der Waals surface area contributed by atoms with Crippen LogP contribution in [0.5, 0.6) is 0 Å². The van der Waals surface area contributed by atoms with Crippen molar-refractivity contribution >= 4 is 25.7 Å². The van der Waals surface area contributed by atoms with Gasteiger partial charge in [-0.3, -0.25) is 23.4 Å². The molecule has 0 saturated heterocycles. The molecular weight excluding hydrogens is 904 g/mol. The summed E-state index contributed by atoms with van der Waals surface area (Å²) in [7, 11) is -4.75. The highest BCUT2D eigenvalue weighted by Gasteiger charge is 2.28. The van der Waals surface area contributed by atoms with Crippen LogP contribution in [-0.4, -0.2) is 66.5 Å². The number of rotatable bonds is 52. The minimum Gasteiger partial charge on any atom is -0.462 e. The first kappa shape index (κ1) is 67.2. The molecule has 0 aliphatic rings. The summed E-state index contributed by atoms with van der Waals surface area (Å²) in [5.74, 6) is -1.49. The van der Waals surface area contributed by atoms with Crippen LogP contribution < -0.4 is 0 Å². The molecule has 0 bridgehead atoms. The predicted octanol–water partition coefficient (Wildman–Crippen LogP) is 16.4. The molecule has 3 atom stereocenters. The highest BCUT2D eigenvalue weighted by Crippen LogP contribution is 2.43. The van der Waals surface area contributed by atoms with Crippen LogP contribution in [0.2, 0.25) is 0 Å². The fourth-order valence-corrected chi connectivity index (χ4v) is 8.31. The van der Waals surface area contributed by atoms with Gasteiger partial charge in [-0.2, -0.15) is 0 Å². The molecule has 11 nitrogen and oxygen atoms in total. The Morgan fingerprint density at radius 2 is 0.743 bits per heavy atom. The molecule has 0 fully saturated rings. The number of carbonyl (C=O) groups excluding carboxylic acids is 3. The lowest BCUT2D eigenvalue weighted by Crippen LogP contribution is -2.30. The van der Waals surface area contributed by atoms with Gasteiger partial charge in [-0.05, 0) is 96.3 Å². The Morgan fingerprint density at radius 3 is 1.17 bits per heavy atom. The van der Waals surface area contributed by atoms with Gasteiger partial charge in [0.05, 0.1) is 19.8 Å². The molecule has 0 radical (unpaired) electrons. The van der Waals surface area contributed by atoms with Gasteiger partial charge in [-0.15, -0.1) is 0 Å². The van der Waals surface area contributed by atoms with Gasteiger partial charge < -0.3 is 24.2 Å². The Balaban J connectivity index is 4.70. The molecular formula is C58H103O11P. The van der Waals surface area contributed by atoms with Crippen molar-refractivity contribution in [3.63, 3.8) is 0 Å². The zero-order chi connectivity index (χ0) is 51.3. The molecule has 12 heteroatoms. The van der Waals surface area contributed by atoms with Crippen LogP contribution >= 0.6 is 7.82 Å². The van der Waals surface area contributed by atoms with Crippen molar-refractivity contribution < 1.29 is 52.2 Å². The quantitative estimate of drug-likeness (QED) is 0.0197. The molecule has 0 saturated carbocycles. The third-order valence-corrected chi connectivity index (χ3v) is 12.8. The summed E-state index contributed by atoms with van der Waals surface area (Å²) in [5.41, 5.74) is 0. The van der Waals surface area contributed by atoms with E-state index in [-0.39, 0.29) is 25.9 Å². The number of ether oxygens (including phenoxy) is 3. The van der Waals surface area contributed by atoms with Gasteiger partial charge in [-0.1, -0.05) is 197 Å². The van der Waals surface area contributed by atoms with Gasteiger partial charge in [0.1, 0.15) is 12.7 Å². The summed E-state index contributed by atoms with van der Waals surface area (Å²) in [6.07, 6.45) is 56.1. The minimum absolute atomic E-state index is 0.160. The SMILES string of the molecule is CCC/C=C\C/C=C\CCCCCCCC(=O)OC(CO)COP(=O)(O)OCC(COC(=O)CCCCCCC/C=C\CCCC)OC(=O)CCCCCCCCCCC/C=C\C/C=C\CCCCC. The van der Waals surface area contributed by atoms with Crippen molar-refractivity contribution in [1.82, 2.24) is 0 Å². The van der Waals surface area contributed by atoms with E-state index in [0.717, 1.165) is 116 Å². The highest BCUT2D eigenvalue weighted by atomic mass is 31.2. The van der Waals surface area contributed by atoms with Crippen LogP contribution in [0.25, 0.3) is 0 Å². The van der Waals surface area contributed by atoms with E-state index in [0.29, 0.717) is 19.3 Å². The Labute approximate surface area is 427 Å². The number of aliphatic hydroxyl groups excluding tert-OH is 1. The molecule has 0 aromatic heterocycles. The molecule has 0 aliphatic heterocycles. The third kappa shape index (κ3) is 50.1. The average molecular weight is 1010 g/mol. The normalized spacial score (nSPS) is 13.8. The van der Waals surface area contributed by atoms with Gasteiger partial charge in [0, 0.05) is 19.3 Å². The fraction of sp³-hybridized carbons (Fsp3) is 0.776. The van der Waals surface area contributed by atoms with E-state index < -0.39 is 57.8 Å². The van der Waals surface area contributed by atoms with E-state index in [4.69, 9.17) is 23.3 Å². The molecule has 406 valence electrons. The maximum absolute atomic E-state index is 12.9. The van der Waals surface area contributed by atoms with Crippen molar-refractivity contribution in [2.24, 2.45) is 0 Å². The number of hydrogen-bond acceptors (Lipinski definition) is 10. The number of phosphoric acid groups is 1. The lowest BCUT2D eigenvalue weighted by molar-refractivity contribution is -0.161. The van der Waals surface area contributed by atoms with Gasteiger partial charge in [0.25, 0.3) is 0 Å². The number of hydrogen-bond donors (Lipinski definition) is 2. The first-order valence-corrected chi connectivity index (χ1v) is 29.7. The van der Waals surface area contributed by atoms with Crippen LogP contribution in [0.4, 0.5) is 0 Å². The van der Waals surface area contributed by atoms with Crippen molar-refractivity contribution in [2.75, 3.05) is 26.4 Å². The number of carbonyl (C=O) groups is 3. The van der Waals surface area contributed by atoms with Crippen LogP contribution in [0, 0.1) is 0 Å². The summed E-state index contributed by atoms with van der Waals surface area (Å²) < 4.78 is 39.4. The molecule has 0 heterocycles. The number of unbranched alkanes of at least 4 members (excludes halogenated alkanes) is 25. The van der Waals surface area contributed by atoms with Crippen LogP contribution in [-0.2, 0) is 42.2 Å². The molecule has 0 aromatic carbocycles. The molecule has 0 amide bonds. The number of phosphoric ester groups is 1. The smallest absolute Gasteiger partial charge is 0.462 e. The summed E-state index contributed by atoms with van der Waals surface area (Å²) in [6.45, 7) is 4.49. The second-order valence-corrected chi connectivity index (χ2v) is 20.2. The Morgan fingerprint density at radius 1 is 0.400 bits per heavy atom. The highest BCUT2D eigenvalue weighted by molar-refractivity contribution is 7.47. The van der Waals surface area contributed by atoms with Gasteiger partial charge in [0.15, 0.2) is 6.10 Å². The summed E-state index contributed by atoms with van der Waals surface area (Å²) in [4.78, 5) is 48.4. The Kier molecular flexibility index (Phi) is 50.4. The van der Waals surface area contributed by atoms with E-state index >= 15 is 0 Å². The molecule has 0 spiro atoms. The lowest BCUT2D eigenvalue weighted by atomic mass is 10.1.